The summed E-state index contributed by atoms with van der Waals surface area (Å²) in [5.74, 6) is 0.781. The molecule has 0 radical (unpaired) electrons. The summed E-state index contributed by atoms with van der Waals surface area (Å²) in [5, 5.41) is 13.1. The second kappa shape index (κ2) is 7.51. The maximum Gasteiger partial charge on any atom is 0.305 e. The average molecular weight is 341 g/mol. The Hall–Kier alpha value is -2.63. The molecular formula is C19H23N3O3. The number of pyridine rings is 1. The van der Waals surface area contributed by atoms with Gasteiger partial charge in [-0.2, -0.15) is 4.73 Å². The quantitative estimate of drug-likeness (QED) is 0.376. The lowest BCUT2D eigenvalue weighted by molar-refractivity contribution is -0.575. The van der Waals surface area contributed by atoms with Crippen LogP contribution in [-0.2, 0) is 22.5 Å². The fourth-order valence-corrected chi connectivity index (χ4v) is 3.21. The van der Waals surface area contributed by atoms with Crippen LogP contribution in [0.5, 0.6) is 0 Å². The van der Waals surface area contributed by atoms with Crippen molar-refractivity contribution in [2.24, 2.45) is 0 Å². The number of rotatable bonds is 7. The highest BCUT2D eigenvalue weighted by atomic mass is 16.5. The summed E-state index contributed by atoms with van der Waals surface area (Å²) >= 11 is 0. The Morgan fingerprint density at radius 1 is 1.32 bits per heavy atom. The van der Waals surface area contributed by atoms with Gasteiger partial charge < -0.3 is 14.5 Å². The van der Waals surface area contributed by atoms with E-state index in [4.69, 9.17) is 4.74 Å². The van der Waals surface area contributed by atoms with Crippen LogP contribution in [-0.4, -0.2) is 22.1 Å². The summed E-state index contributed by atoms with van der Waals surface area (Å²) in [6, 6.07) is 7.55. The van der Waals surface area contributed by atoms with Crippen molar-refractivity contribution < 1.29 is 14.3 Å². The molecule has 0 saturated heterocycles. The van der Waals surface area contributed by atoms with Crippen molar-refractivity contribution in [3.8, 4) is 0 Å². The van der Waals surface area contributed by atoms with Gasteiger partial charge in [-0.25, -0.2) is 4.98 Å². The molecule has 2 heterocycles. The van der Waals surface area contributed by atoms with Crippen LogP contribution in [0.1, 0.15) is 38.9 Å². The van der Waals surface area contributed by atoms with Crippen molar-refractivity contribution in [2.75, 3.05) is 6.61 Å². The first-order valence-corrected chi connectivity index (χ1v) is 8.81. The topological polar surface area (TPSA) is 71.1 Å². The number of hydrogen-bond donors (Lipinski definition) is 0. The molecule has 0 unspecified atom stereocenters. The monoisotopic (exact) mass is 341 g/mol. The largest absolute Gasteiger partial charge is 0.618 e. The Labute approximate surface area is 146 Å². The van der Waals surface area contributed by atoms with E-state index in [-0.39, 0.29) is 5.97 Å². The van der Waals surface area contributed by atoms with Gasteiger partial charge in [-0.15, -0.1) is 0 Å². The molecule has 3 rings (SSSR count). The molecule has 1 aromatic carbocycles. The molecule has 0 spiro atoms. The second-order valence-corrected chi connectivity index (χ2v) is 6.04. The highest BCUT2D eigenvalue weighted by Gasteiger charge is 2.18. The summed E-state index contributed by atoms with van der Waals surface area (Å²) < 4.78 is 8.04. The summed E-state index contributed by atoms with van der Waals surface area (Å²) in [6.45, 7) is 5.00. The lowest BCUT2D eigenvalue weighted by Gasteiger charge is -2.10. The SMILES string of the molecule is CCCc1nc2c[n+]([O-])c3ccccc3c2n1CCCC(=O)OCC. The number of ether oxygens (including phenoxy) is 1. The summed E-state index contributed by atoms with van der Waals surface area (Å²) in [4.78, 5) is 16.3. The third-order valence-corrected chi connectivity index (χ3v) is 4.25. The van der Waals surface area contributed by atoms with E-state index in [9.17, 15) is 10.0 Å². The van der Waals surface area contributed by atoms with Gasteiger partial charge in [0.25, 0.3) is 0 Å². The van der Waals surface area contributed by atoms with Gasteiger partial charge in [-0.3, -0.25) is 4.79 Å². The Morgan fingerprint density at radius 2 is 2.12 bits per heavy atom. The number of benzene rings is 1. The van der Waals surface area contributed by atoms with E-state index < -0.39 is 0 Å². The van der Waals surface area contributed by atoms with E-state index in [1.54, 1.807) is 6.20 Å². The molecule has 0 atom stereocenters. The van der Waals surface area contributed by atoms with Gasteiger partial charge in [0.2, 0.25) is 11.7 Å². The molecular weight excluding hydrogens is 318 g/mol. The fourth-order valence-electron chi connectivity index (χ4n) is 3.21. The lowest BCUT2D eigenvalue weighted by Crippen LogP contribution is -2.26. The third-order valence-electron chi connectivity index (χ3n) is 4.25. The minimum atomic E-state index is -0.175. The molecule has 6 heteroatoms. The number of nitrogens with zero attached hydrogens (tertiary/aromatic N) is 3. The van der Waals surface area contributed by atoms with Crippen molar-refractivity contribution >= 4 is 27.9 Å². The van der Waals surface area contributed by atoms with Crippen LogP contribution in [0.3, 0.4) is 0 Å². The number of para-hydroxylation sites is 1. The number of hydrogen-bond acceptors (Lipinski definition) is 4. The predicted molar refractivity (Wildman–Crippen MR) is 96.1 cm³/mol. The molecule has 0 fully saturated rings. The van der Waals surface area contributed by atoms with Gasteiger partial charge >= 0.3 is 5.97 Å². The fraction of sp³-hybridized carbons (Fsp3) is 0.421. The molecule has 0 saturated carbocycles. The van der Waals surface area contributed by atoms with Crippen LogP contribution >= 0.6 is 0 Å². The van der Waals surface area contributed by atoms with Crippen LogP contribution < -0.4 is 4.73 Å². The van der Waals surface area contributed by atoms with E-state index in [1.165, 1.54) is 0 Å². The first-order valence-electron chi connectivity index (χ1n) is 8.81. The molecule has 3 aromatic rings. The number of carbonyl (C=O) groups is 1. The first kappa shape index (κ1) is 17.2. The number of imidazole rings is 1. The maximum absolute atomic E-state index is 12.3. The first-order chi connectivity index (χ1) is 12.2. The zero-order valence-corrected chi connectivity index (χ0v) is 14.7. The molecule has 0 bridgehead atoms. The molecule has 0 aliphatic rings. The van der Waals surface area contributed by atoms with Crippen molar-refractivity contribution in [1.29, 1.82) is 0 Å². The Bertz CT molecular complexity index is 902. The molecule has 25 heavy (non-hydrogen) atoms. The number of aryl methyl sites for hydroxylation is 2. The van der Waals surface area contributed by atoms with E-state index in [0.717, 1.165) is 34.3 Å². The highest BCUT2D eigenvalue weighted by Crippen LogP contribution is 2.25. The minimum absolute atomic E-state index is 0.175. The van der Waals surface area contributed by atoms with E-state index in [2.05, 4.69) is 16.5 Å². The smallest absolute Gasteiger partial charge is 0.305 e. The van der Waals surface area contributed by atoms with E-state index in [0.29, 0.717) is 37.0 Å². The van der Waals surface area contributed by atoms with Crippen molar-refractivity contribution in [2.45, 2.75) is 46.1 Å². The molecule has 2 aromatic heterocycles. The normalized spacial score (nSPS) is 11.3. The van der Waals surface area contributed by atoms with Gasteiger partial charge in [0.05, 0.1) is 17.5 Å². The van der Waals surface area contributed by atoms with Gasteiger partial charge in [0.15, 0.2) is 5.52 Å². The summed E-state index contributed by atoms with van der Waals surface area (Å²) in [6.07, 6.45) is 4.41. The highest BCUT2D eigenvalue weighted by molar-refractivity contribution is 6.00. The number of carbonyl (C=O) groups excluding carboxylic acids is 1. The number of fused-ring (bicyclic) bond motifs is 3. The van der Waals surface area contributed by atoms with Crippen LogP contribution in [0, 0.1) is 5.21 Å². The molecule has 6 nitrogen and oxygen atoms in total. The average Bonchev–Trinajstić information content (AvgIpc) is 2.93. The molecule has 0 N–H and O–H groups in total. The minimum Gasteiger partial charge on any atom is -0.618 e. The summed E-state index contributed by atoms with van der Waals surface area (Å²) in [7, 11) is 0. The Morgan fingerprint density at radius 3 is 2.88 bits per heavy atom. The summed E-state index contributed by atoms with van der Waals surface area (Å²) in [5.41, 5.74) is 2.30. The molecule has 0 aliphatic carbocycles. The number of esters is 1. The van der Waals surface area contributed by atoms with Crippen molar-refractivity contribution in [3.05, 3.63) is 41.5 Å². The van der Waals surface area contributed by atoms with Gasteiger partial charge in [-0.05, 0) is 25.8 Å². The Balaban J connectivity index is 2.03. The van der Waals surface area contributed by atoms with Crippen molar-refractivity contribution in [1.82, 2.24) is 9.55 Å². The maximum atomic E-state index is 12.3. The van der Waals surface area contributed by atoms with Crippen LogP contribution in [0.4, 0.5) is 0 Å². The zero-order chi connectivity index (χ0) is 17.8. The molecule has 132 valence electrons. The van der Waals surface area contributed by atoms with E-state index in [1.807, 2.05) is 31.2 Å². The third kappa shape index (κ3) is 3.43. The predicted octanol–water partition coefficient (Wildman–Crippen LogP) is 3.12. The zero-order valence-electron chi connectivity index (χ0n) is 14.7. The Kier molecular flexibility index (Phi) is 5.16. The molecule has 0 aliphatic heterocycles. The number of aromatic nitrogens is 3. The van der Waals surface area contributed by atoms with E-state index >= 15 is 0 Å². The van der Waals surface area contributed by atoms with Gasteiger partial charge in [-0.1, -0.05) is 19.1 Å². The van der Waals surface area contributed by atoms with Gasteiger partial charge in [0.1, 0.15) is 5.82 Å². The molecule has 0 amide bonds. The van der Waals surface area contributed by atoms with Crippen LogP contribution in [0.2, 0.25) is 0 Å². The van der Waals surface area contributed by atoms with Crippen molar-refractivity contribution in [3.63, 3.8) is 0 Å². The second-order valence-electron chi connectivity index (χ2n) is 6.04. The standard InChI is InChI=1S/C19H23N3O3/c1-3-8-17-20-15-13-22(24)16-10-6-5-9-14(16)19(15)21(17)12-7-11-18(23)25-4-2/h5-6,9-10,13H,3-4,7-8,11-12H2,1-2H3. The van der Waals surface area contributed by atoms with Gasteiger partial charge in [0, 0.05) is 25.5 Å². The van der Waals surface area contributed by atoms with Crippen LogP contribution in [0.25, 0.3) is 21.9 Å². The lowest BCUT2D eigenvalue weighted by atomic mass is 10.2. The van der Waals surface area contributed by atoms with Crippen LogP contribution in [0.15, 0.2) is 30.5 Å².